The third-order valence-corrected chi connectivity index (χ3v) is 7.45. The van der Waals surface area contributed by atoms with E-state index in [1.54, 1.807) is 0 Å². The van der Waals surface area contributed by atoms with Crippen LogP contribution in [-0.4, -0.2) is 155 Å². The number of aliphatic hydroxyl groups is 1. The van der Waals surface area contributed by atoms with Gasteiger partial charge in [-0.2, -0.15) is 50.5 Å². The van der Waals surface area contributed by atoms with Crippen molar-refractivity contribution in [1.29, 1.82) is 0 Å². The summed E-state index contributed by atoms with van der Waals surface area (Å²) < 4.78 is 50.3. The Morgan fingerprint density at radius 1 is 0.538 bits per heavy atom. The van der Waals surface area contributed by atoms with E-state index in [1.807, 2.05) is 0 Å². The van der Waals surface area contributed by atoms with Gasteiger partial charge in [-0.05, 0) is 12.3 Å². The molecule has 0 amide bonds. The van der Waals surface area contributed by atoms with Crippen molar-refractivity contribution in [3.8, 4) is 0 Å². The van der Waals surface area contributed by atoms with Crippen LogP contribution in [0.5, 0.6) is 0 Å². The molecule has 0 spiro atoms. The molecule has 0 saturated carbocycles. The third-order valence-electron chi connectivity index (χ3n) is 6.55. The molecule has 4 unspecified atom stereocenters. The molecule has 0 aromatic carbocycles. The van der Waals surface area contributed by atoms with Crippen molar-refractivity contribution < 1.29 is 71.8 Å². The van der Waals surface area contributed by atoms with Gasteiger partial charge in [-0.25, -0.2) is 5.90 Å². The Morgan fingerprint density at radius 2 is 0.923 bits per heavy atom. The highest BCUT2D eigenvalue weighted by atomic mass is 32.1. The van der Waals surface area contributed by atoms with Crippen molar-refractivity contribution in [2.24, 2.45) is 11.8 Å². The monoisotopic (exact) mass is 825 g/mol. The molecule has 0 aliphatic carbocycles. The van der Waals surface area contributed by atoms with Crippen LogP contribution in [-0.2, 0) is 66.6 Å². The fraction of sp³-hybridized carbons (Fsp3) is 0.875. The van der Waals surface area contributed by atoms with Gasteiger partial charge in [0.2, 0.25) is 0 Å². The van der Waals surface area contributed by atoms with E-state index in [0.717, 1.165) is 6.42 Å². The van der Waals surface area contributed by atoms with Crippen LogP contribution in [0.4, 0.5) is 0 Å². The first-order chi connectivity index (χ1) is 25.0. The van der Waals surface area contributed by atoms with Crippen LogP contribution in [0.3, 0.4) is 0 Å². The second-order valence-electron chi connectivity index (χ2n) is 11.7. The number of thiol groups is 4. The second-order valence-corrected chi connectivity index (χ2v) is 13.4. The first kappa shape index (κ1) is 51.0. The van der Waals surface area contributed by atoms with Crippen LogP contribution >= 0.6 is 50.5 Å². The zero-order chi connectivity index (χ0) is 39.0. The third kappa shape index (κ3) is 29.3. The van der Waals surface area contributed by atoms with Crippen LogP contribution < -0.4 is 5.90 Å². The fourth-order valence-electron chi connectivity index (χ4n) is 3.66. The maximum atomic E-state index is 12.0. The van der Waals surface area contributed by atoms with Crippen molar-refractivity contribution in [3.05, 3.63) is 0 Å². The Hall–Kier alpha value is -1.04. The highest BCUT2D eigenvalue weighted by Crippen LogP contribution is 2.08. The number of hydrogen-bond donors (Lipinski definition) is 6. The molecule has 0 heterocycles. The van der Waals surface area contributed by atoms with Crippen LogP contribution in [0.2, 0.25) is 0 Å². The Kier molecular flexibility index (Phi) is 33.8. The van der Waals surface area contributed by atoms with Gasteiger partial charge in [0.25, 0.3) is 0 Å². The van der Waals surface area contributed by atoms with Gasteiger partial charge >= 0.3 is 23.9 Å². The highest BCUT2D eigenvalue weighted by molar-refractivity contribution is 7.80. The minimum Gasteiger partial charge on any atom is -0.463 e. The molecule has 0 aliphatic rings. The first-order valence-corrected chi connectivity index (χ1v) is 19.6. The summed E-state index contributed by atoms with van der Waals surface area (Å²) >= 11 is 16.1. The van der Waals surface area contributed by atoms with E-state index >= 15 is 0 Å². The summed E-state index contributed by atoms with van der Waals surface area (Å²) in [6.07, 6.45) is -2.84. The summed E-state index contributed by atoms with van der Waals surface area (Å²) in [5, 5.41) is 9.75. The topological polar surface area (TPSA) is 207 Å². The lowest BCUT2D eigenvalue weighted by molar-refractivity contribution is -0.167. The molecule has 52 heavy (non-hydrogen) atoms. The van der Waals surface area contributed by atoms with Crippen LogP contribution in [0.15, 0.2) is 0 Å². The smallest absolute Gasteiger partial charge is 0.307 e. The molecule has 4 atom stereocenters. The molecule has 0 aromatic rings. The van der Waals surface area contributed by atoms with Gasteiger partial charge in [0.15, 0.2) is 0 Å². The first-order valence-electron chi connectivity index (χ1n) is 17.1. The molecule has 16 nitrogen and oxygen atoms in total. The number of hydrogen-bond acceptors (Lipinski definition) is 20. The van der Waals surface area contributed by atoms with E-state index in [4.69, 9.17) is 53.4 Å². The van der Waals surface area contributed by atoms with Crippen molar-refractivity contribution in [1.82, 2.24) is 0 Å². The van der Waals surface area contributed by atoms with Crippen molar-refractivity contribution >= 4 is 74.4 Å². The second kappa shape index (κ2) is 34.5. The lowest BCUT2D eigenvalue weighted by atomic mass is 10.1. The Morgan fingerprint density at radius 3 is 1.37 bits per heavy atom. The summed E-state index contributed by atoms with van der Waals surface area (Å²) in [6, 6.07) is 0. The van der Waals surface area contributed by atoms with Crippen molar-refractivity contribution in [3.63, 3.8) is 0 Å². The van der Waals surface area contributed by atoms with E-state index < -0.39 is 61.0 Å². The normalized spacial score (nSPS) is 13.8. The zero-order valence-corrected chi connectivity index (χ0v) is 33.7. The minimum atomic E-state index is -0.981. The number of esters is 4. The van der Waals surface area contributed by atoms with E-state index in [-0.39, 0.29) is 102 Å². The molecular formula is C32H59NO15S4. The van der Waals surface area contributed by atoms with Crippen LogP contribution in [0, 0.1) is 5.92 Å². The molecule has 0 radical (unpaired) electrons. The highest BCUT2D eigenvalue weighted by Gasteiger charge is 2.23. The van der Waals surface area contributed by atoms with Gasteiger partial charge in [-0.1, -0.05) is 13.8 Å². The quantitative estimate of drug-likeness (QED) is 0.0175. The summed E-state index contributed by atoms with van der Waals surface area (Å²) in [4.78, 5) is 52.8. The lowest BCUT2D eigenvalue weighted by Gasteiger charge is -2.25. The van der Waals surface area contributed by atoms with Gasteiger partial charge in [-0.3, -0.25) is 24.0 Å². The molecule has 3 N–H and O–H groups in total. The Balaban J connectivity index is 5.50. The zero-order valence-electron chi connectivity index (χ0n) is 30.1. The summed E-state index contributed by atoms with van der Waals surface area (Å²) in [5.41, 5.74) is 0. The molecule has 0 aromatic heterocycles. The van der Waals surface area contributed by atoms with E-state index in [2.05, 4.69) is 64.4 Å². The maximum Gasteiger partial charge on any atom is 0.307 e. The summed E-state index contributed by atoms with van der Waals surface area (Å²) in [7, 11) is 0. The molecule has 306 valence electrons. The van der Waals surface area contributed by atoms with Gasteiger partial charge in [0.05, 0.1) is 71.9 Å². The Bertz CT molecular complexity index is 918. The number of aliphatic hydroxyl groups excluding tert-OH is 1. The van der Waals surface area contributed by atoms with E-state index in [9.17, 15) is 24.3 Å². The maximum absolute atomic E-state index is 12.0. The molecule has 0 rings (SSSR count). The lowest BCUT2D eigenvalue weighted by Crippen LogP contribution is -2.38. The SMILES string of the molecule is CC(C)CCOCC(COC(=O)CCS)OCC(COCC(COC(COC(=O)CCS)COC(=O)CCS)OCC(CO)OC(=O)CCS)ON. The van der Waals surface area contributed by atoms with Crippen molar-refractivity contribution in [2.45, 2.75) is 76.5 Å². The van der Waals surface area contributed by atoms with Crippen LogP contribution in [0.1, 0.15) is 46.0 Å². The average Bonchev–Trinajstić information content (AvgIpc) is 3.11. The van der Waals surface area contributed by atoms with Crippen molar-refractivity contribution in [2.75, 3.05) is 95.7 Å². The minimum absolute atomic E-state index is 0.0358. The largest absolute Gasteiger partial charge is 0.463 e. The van der Waals surface area contributed by atoms with Gasteiger partial charge in [0.1, 0.15) is 50.3 Å². The number of carbonyl (C=O) groups is 4. The number of nitrogens with two attached hydrogens (primary N) is 1. The standard InChI is InChI=1S/C32H59NO15S4/c1-23(2)3-8-39-14-25(19-44-29(35)4-9-49)43-22-28(48-33)16-40-15-26(41-17-24(13-34)47-32(38)7-12-52)18-42-27(20-45-30(36)5-10-50)21-46-31(37)6-11-51/h23-28,34,49-52H,3-22,33H2,1-2H3. The molecule has 0 aliphatic heterocycles. The number of rotatable bonds is 35. The molecular weight excluding hydrogens is 767 g/mol. The number of carbonyl (C=O) groups excluding carboxylic acids is 4. The Labute approximate surface area is 329 Å². The fourth-order valence-corrected chi connectivity index (χ4v) is 4.39. The van der Waals surface area contributed by atoms with Gasteiger partial charge in [-0.15, -0.1) is 0 Å². The average molecular weight is 826 g/mol. The predicted octanol–water partition coefficient (Wildman–Crippen LogP) is 1.29. The summed E-state index contributed by atoms with van der Waals surface area (Å²) in [6.45, 7) is 3.28. The molecule has 0 fully saturated rings. The molecule has 0 saturated heterocycles. The predicted molar refractivity (Wildman–Crippen MR) is 203 cm³/mol. The number of ether oxygens (including phenoxy) is 9. The van der Waals surface area contributed by atoms with Crippen LogP contribution in [0.25, 0.3) is 0 Å². The molecule has 0 bridgehead atoms. The van der Waals surface area contributed by atoms with E-state index in [0.29, 0.717) is 18.3 Å². The summed E-state index contributed by atoms with van der Waals surface area (Å²) in [5.74, 6) is 5.17. The van der Waals surface area contributed by atoms with Gasteiger partial charge in [0, 0.05) is 29.6 Å². The van der Waals surface area contributed by atoms with E-state index in [1.165, 1.54) is 0 Å². The molecule has 20 heteroatoms. The van der Waals surface area contributed by atoms with Gasteiger partial charge < -0.3 is 47.7 Å².